The van der Waals surface area contributed by atoms with Crippen molar-refractivity contribution in [3.63, 3.8) is 0 Å². The van der Waals surface area contributed by atoms with Crippen LogP contribution in [0.5, 0.6) is 0 Å². The lowest BCUT2D eigenvalue weighted by Crippen LogP contribution is -2.40. The summed E-state index contributed by atoms with van der Waals surface area (Å²) in [4.78, 5) is 0. The molecule has 1 N–H and O–H groups in total. The molecule has 0 radical (unpaired) electrons. The molecule has 3 nitrogen and oxygen atoms in total. The summed E-state index contributed by atoms with van der Waals surface area (Å²) in [6.45, 7) is 0.464. The number of halogens is 2. The Morgan fingerprint density at radius 3 is 2.42 bits per heavy atom. The molecule has 2 fully saturated rings. The highest BCUT2D eigenvalue weighted by Gasteiger charge is 2.63. The van der Waals surface area contributed by atoms with Gasteiger partial charge in [-0.2, -0.15) is 0 Å². The molecule has 31 heavy (non-hydrogen) atoms. The molecule has 0 bridgehead atoms. The minimum absolute atomic E-state index is 0.0851. The standard InChI is InChI=1S/C25H29Cl2NO2S/c26-22-8-7-18(15-23(22)27)17-31(29,30)28-14-9-19-16-24(10-3-4-11-24)25(12-13-25)21-6-2-1-5-20(19)21/h1-2,5-8,15,19,28H,3-4,9-14,16-17H2. The Labute approximate surface area is 195 Å². The molecule has 0 amide bonds. The molecule has 1 unspecified atom stereocenters. The maximum Gasteiger partial charge on any atom is 0.215 e. The minimum Gasteiger partial charge on any atom is -0.215 e. The molecular weight excluding hydrogens is 449 g/mol. The average molecular weight is 478 g/mol. The highest BCUT2D eigenvalue weighted by molar-refractivity contribution is 7.88. The Morgan fingerprint density at radius 1 is 0.968 bits per heavy atom. The zero-order chi connectivity index (χ0) is 21.7. The van der Waals surface area contributed by atoms with Gasteiger partial charge in [-0.3, -0.25) is 0 Å². The van der Waals surface area contributed by atoms with Gasteiger partial charge in [0.2, 0.25) is 10.0 Å². The van der Waals surface area contributed by atoms with Gasteiger partial charge in [-0.25, -0.2) is 13.1 Å². The number of hydrogen-bond acceptors (Lipinski definition) is 2. The van der Waals surface area contributed by atoms with E-state index in [0.717, 1.165) is 6.42 Å². The van der Waals surface area contributed by atoms with Crippen LogP contribution in [-0.4, -0.2) is 15.0 Å². The van der Waals surface area contributed by atoms with Crippen molar-refractivity contribution in [1.29, 1.82) is 0 Å². The van der Waals surface area contributed by atoms with Crippen LogP contribution in [-0.2, 0) is 21.2 Å². The second-order valence-electron chi connectivity index (χ2n) is 9.75. The van der Waals surface area contributed by atoms with Gasteiger partial charge in [0, 0.05) is 12.0 Å². The number of sulfonamides is 1. The maximum absolute atomic E-state index is 12.7. The lowest BCUT2D eigenvalue weighted by molar-refractivity contribution is 0.152. The first-order valence-corrected chi connectivity index (χ1v) is 13.8. The van der Waals surface area contributed by atoms with Crippen LogP contribution in [0, 0.1) is 5.41 Å². The first kappa shape index (κ1) is 21.8. The molecule has 1 atom stereocenters. The predicted octanol–water partition coefficient (Wildman–Crippen LogP) is 6.58. The van der Waals surface area contributed by atoms with Crippen molar-refractivity contribution >= 4 is 33.2 Å². The van der Waals surface area contributed by atoms with Crippen LogP contribution in [0.2, 0.25) is 10.0 Å². The third kappa shape index (κ3) is 3.94. The number of hydrogen-bond donors (Lipinski definition) is 1. The number of benzene rings is 2. The van der Waals surface area contributed by atoms with Gasteiger partial charge in [0.05, 0.1) is 15.8 Å². The molecule has 2 aromatic carbocycles. The topological polar surface area (TPSA) is 46.2 Å². The quantitative estimate of drug-likeness (QED) is 0.510. The fourth-order valence-electron chi connectivity index (χ4n) is 6.56. The number of nitrogens with one attached hydrogen (secondary N) is 1. The minimum atomic E-state index is -3.43. The molecule has 5 rings (SSSR count). The Bertz CT molecular complexity index is 1090. The summed E-state index contributed by atoms with van der Waals surface area (Å²) in [5, 5.41) is 0.810. The van der Waals surface area contributed by atoms with Crippen LogP contribution in [0.1, 0.15) is 74.0 Å². The van der Waals surface area contributed by atoms with Crippen molar-refractivity contribution in [3.05, 3.63) is 69.2 Å². The van der Waals surface area contributed by atoms with Crippen molar-refractivity contribution < 1.29 is 8.42 Å². The zero-order valence-corrected chi connectivity index (χ0v) is 20.0. The summed E-state index contributed by atoms with van der Waals surface area (Å²) in [7, 11) is -3.43. The van der Waals surface area contributed by atoms with Gasteiger partial charge in [0.15, 0.2) is 0 Å². The summed E-state index contributed by atoms with van der Waals surface area (Å²) < 4.78 is 28.1. The summed E-state index contributed by atoms with van der Waals surface area (Å²) in [5.41, 5.74) is 4.51. The molecule has 2 saturated carbocycles. The SMILES string of the molecule is O=S(=O)(Cc1ccc(Cl)c(Cl)c1)NCCC1CC2(CCCC2)C2(CC2)c2ccccc21. The van der Waals surface area contributed by atoms with E-state index in [-0.39, 0.29) is 5.75 Å². The number of rotatable bonds is 6. The Hall–Kier alpha value is -1.07. The second kappa shape index (κ2) is 8.06. The summed E-state index contributed by atoms with van der Waals surface area (Å²) >= 11 is 12.0. The van der Waals surface area contributed by atoms with E-state index in [1.165, 1.54) is 50.5 Å². The van der Waals surface area contributed by atoms with E-state index in [4.69, 9.17) is 23.2 Å². The van der Waals surface area contributed by atoms with Gasteiger partial charge in [-0.05, 0) is 78.7 Å². The molecular formula is C25H29Cl2NO2S. The number of fused-ring (bicyclic) bond motifs is 3. The fraction of sp³-hybridized carbons (Fsp3) is 0.520. The molecule has 3 aliphatic rings. The van der Waals surface area contributed by atoms with E-state index in [0.29, 0.717) is 38.9 Å². The largest absolute Gasteiger partial charge is 0.215 e. The van der Waals surface area contributed by atoms with Crippen molar-refractivity contribution in [2.75, 3.05) is 6.54 Å². The van der Waals surface area contributed by atoms with E-state index >= 15 is 0 Å². The van der Waals surface area contributed by atoms with Crippen LogP contribution in [0.3, 0.4) is 0 Å². The van der Waals surface area contributed by atoms with E-state index in [1.807, 2.05) is 0 Å². The normalized spacial score (nSPS) is 23.2. The van der Waals surface area contributed by atoms with Gasteiger partial charge in [-0.15, -0.1) is 0 Å². The van der Waals surface area contributed by atoms with Crippen molar-refractivity contribution in [2.45, 2.75) is 68.5 Å². The molecule has 0 heterocycles. The van der Waals surface area contributed by atoms with E-state index in [2.05, 4.69) is 29.0 Å². The Balaban J connectivity index is 1.29. The first-order valence-electron chi connectivity index (χ1n) is 11.3. The maximum atomic E-state index is 12.7. The smallest absolute Gasteiger partial charge is 0.215 e. The monoisotopic (exact) mass is 477 g/mol. The van der Waals surface area contributed by atoms with E-state index < -0.39 is 10.0 Å². The van der Waals surface area contributed by atoms with Crippen LogP contribution in [0.15, 0.2) is 42.5 Å². The van der Waals surface area contributed by atoms with Crippen LogP contribution < -0.4 is 4.72 Å². The van der Waals surface area contributed by atoms with E-state index in [9.17, 15) is 8.42 Å². The molecule has 3 aliphatic carbocycles. The van der Waals surface area contributed by atoms with Crippen molar-refractivity contribution in [2.24, 2.45) is 5.41 Å². The molecule has 2 spiro atoms. The molecule has 2 aromatic rings. The lowest BCUT2D eigenvalue weighted by atomic mass is 9.57. The lowest BCUT2D eigenvalue weighted by Gasteiger charge is -2.47. The highest BCUT2D eigenvalue weighted by atomic mass is 35.5. The molecule has 0 aliphatic heterocycles. The summed E-state index contributed by atoms with van der Waals surface area (Å²) in [5.74, 6) is 0.339. The van der Waals surface area contributed by atoms with Gasteiger partial charge >= 0.3 is 0 Å². The van der Waals surface area contributed by atoms with Crippen LogP contribution in [0.25, 0.3) is 0 Å². The zero-order valence-electron chi connectivity index (χ0n) is 17.7. The fourth-order valence-corrected chi connectivity index (χ4v) is 8.03. The van der Waals surface area contributed by atoms with Crippen molar-refractivity contribution in [3.8, 4) is 0 Å². The second-order valence-corrected chi connectivity index (χ2v) is 12.4. The first-order chi connectivity index (χ1) is 14.8. The molecule has 0 aromatic heterocycles. The van der Waals surface area contributed by atoms with Gasteiger partial charge in [0.25, 0.3) is 0 Å². The third-order valence-corrected chi connectivity index (χ3v) is 10.1. The summed E-state index contributed by atoms with van der Waals surface area (Å²) in [6, 6.07) is 13.9. The molecule has 0 saturated heterocycles. The highest BCUT2D eigenvalue weighted by Crippen LogP contribution is 2.71. The van der Waals surface area contributed by atoms with Gasteiger partial charge in [0.1, 0.15) is 0 Å². The van der Waals surface area contributed by atoms with Gasteiger partial charge < -0.3 is 0 Å². The van der Waals surface area contributed by atoms with Crippen LogP contribution >= 0.6 is 23.2 Å². The third-order valence-electron chi connectivity index (χ3n) is 8.03. The molecule has 6 heteroatoms. The predicted molar refractivity (Wildman–Crippen MR) is 127 cm³/mol. The van der Waals surface area contributed by atoms with E-state index in [1.54, 1.807) is 23.8 Å². The Morgan fingerprint density at radius 2 is 1.71 bits per heavy atom. The van der Waals surface area contributed by atoms with Gasteiger partial charge in [-0.1, -0.05) is 66.4 Å². The van der Waals surface area contributed by atoms with Crippen molar-refractivity contribution in [1.82, 2.24) is 4.72 Å². The Kier molecular flexibility index (Phi) is 5.65. The molecule has 166 valence electrons. The van der Waals surface area contributed by atoms with Crippen LogP contribution in [0.4, 0.5) is 0 Å². The summed E-state index contributed by atoms with van der Waals surface area (Å²) in [6.07, 6.45) is 10.1. The average Bonchev–Trinajstić information content (AvgIpc) is 3.41.